The second-order valence-electron chi connectivity index (χ2n) is 2.29. The summed E-state index contributed by atoms with van der Waals surface area (Å²) in [6.45, 7) is 0.878. The van der Waals surface area contributed by atoms with Gasteiger partial charge in [0, 0.05) is 13.7 Å². The van der Waals surface area contributed by atoms with Crippen molar-refractivity contribution in [1.29, 1.82) is 0 Å². The van der Waals surface area contributed by atoms with Crippen LogP contribution in [0, 0.1) is 0 Å². The van der Waals surface area contributed by atoms with Crippen LogP contribution in [0.1, 0.15) is 12.8 Å². The molecule has 0 saturated heterocycles. The van der Waals surface area contributed by atoms with Crippen molar-refractivity contribution in [1.82, 2.24) is 0 Å². The molecule has 1 unspecified atom stereocenters. The van der Waals surface area contributed by atoms with Gasteiger partial charge in [-0.05, 0) is 12.8 Å². The molecule has 0 aliphatic carbocycles. The molecule has 0 aromatic rings. The van der Waals surface area contributed by atoms with Gasteiger partial charge < -0.3 is 9.47 Å². The summed E-state index contributed by atoms with van der Waals surface area (Å²) in [6, 6.07) is 0. The van der Waals surface area contributed by atoms with E-state index >= 15 is 0 Å². The Bertz CT molecular complexity index is 134. The summed E-state index contributed by atoms with van der Waals surface area (Å²) in [6.07, 6.45) is 2.23. The fraction of sp³-hybridized carbons (Fsp3) is 0.857. The van der Waals surface area contributed by atoms with Gasteiger partial charge in [0.1, 0.15) is 6.10 Å². The zero-order valence-corrected chi connectivity index (χ0v) is 6.46. The Morgan fingerprint density at radius 3 is 2.80 bits per heavy atom. The summed E-state index contributed by atoms with van der Waals surface area (Å²) in [4.78, 5) is 4.17. The van der Waals surface area contributed by atoms with E-state index in [9.17, 15) is 0 Å². The monoisotopic (exact) mass is 143 g/mol. The molecule has 0 N–H and O–H groups in total. The first-order chi connectivity index (χ1) is 4.88. The maximum atomic E-state index is 5.14. The van der Waals surface area contributed by atoms with Crippen molar-refractivity contribution in [3.8, 4) is 0 Å². The quantitative estimate of drug-likeness (QED) is 0.544. The molecule has 0 fully saturated rings. The second kappa shape index (κ2) is 3.56. The summed E-state index contributed by atoms with van der Waals surface area (Å²) in [5.74, 6) is 0.744. The van der Waals surface area contributed by atoms with Gasteiger partial charge in [-0.15, -0.1) is 0 Å². The van der Waals surface area contributed by atoms with Crippen LogP contribution in [0.25, 0.3) is 0 Å². The Kier molecular flexibility index (Phi) is 2.68. The van der Waals surface area contributed by atoms with E-state index in [0.717, 1.165) is 25.3 Å². The molecular formula is C7H13NO2. The largest absolute Gasteiger partial charge is 0.482 e. The van der Waals surface area contributed by atoms with E-state index in [4.69, 9.17) is 9.47 Å². The molecular weight excluding hydrogens is 130 g/mol. The number of hydrogen-bond acceptors (Lipinski definition) is 3. The highest BCUT2D eigenvalue weighted by molar-refractivity contribution is 5.81. The number of ether oxygens (including phenoxy) is 2. The third kappa shape index (κ3) is 1.48. The number of methoxy groups -OCH3 is 2. The van der Waals surface area contributed by atoms with E-state index in [1.165, 1.54) is 0 Å². The lowest BCUT2D eigenvalue weighted by Gasteiger charge is -2.19. The zero-order valence-electron chi connectivity index (χ0n) is 6.46. The van der Waals surface area contributed by atoms with Crippen LogP contribution < -0.4 is 0 Å². The Balaban J connectivity index is 2.53. The van der Waals surface area contributed by atoms with E-state index in [1.54, 1.807) is 14.2 Å². The highest BCUT2D eigenvalue weighted by Gasteiger charge is 2.18. The van der Waals surface area contributed by atoms with Crippen molar-refractivity contribution in [3.63, 3.8) is 0 Å². The van der Waals surface area contributed by atoms with Crippen LogP contribution in [-0.4, -0.2) is 32.8 Å². The molecule has 0 bridgehead atoms. The van der Waals surface area contributed by atoms with Gasteiger partial charge in [-0.2, -0.15) is 0 Å². The molecule has 58 valence electrons. The van der Waals surface area contributed by atoms with E-state index in [0.29, 0.717) is 0 Å². The number of aliphatic imine (C=N–C) groups is 1. The maximum absolute atomic E-state index is 5.14. The molecule has 1 atom stereocenters. The summed E-state index contributed by atoms with van der Waals surface area (Å²) in [5.41, 5.74) is 0. The van der Waals surface area contributed by atoms with Crippen LogP contribution in [0.3, 0.4) is 0 Å². The van der Waals surface area contributed by atoms with Crippen molar-refractivity contribution < 1.29 is 9.47 Å². The molecule has 3 nitrogen and oxygen atoms in total. The van der Waals surface area contributed by atoms with Gasteiger partial charge in [0.25, 0.3) is 0 Å². The smallest absolute Gasteiger partial charge is 0.213 e. The summed E-state index contributed by atoms with van der Waals surface area (Å²) < 4.78 is 10.2. The molecule has 1 aliphatic heterocycles. The van der Waals surface area contributed by atoms with Crippen LogP contribution in [0.15, 0.2) is 4.99 Å². The van der Waals surface area contributed by atoms with Gasteiger partial charge in [0.2, 0.25) is 5.90 Å². The molecule has 0 amide bonds. The molecule has 1 aliphatic rings. The Morgan fingerprint density at radius 1 is 1.50 bits per heavy atom. The minimum Gasteiger partial charge on any atom is -0.482 e. The normalized spacial score (nSPS) is 25.8. The van der Waals surface area contributed by atoms with Crippen molar-refractivity contribution in [2.45, 2.75) is 18.9 Å². The lowest BCUT2D eigenvalue weighted by molar-refractivity contribution is 0.120. The topological polar surface area (TPSA) is 30.8 Å². The lowest BCUT2D eigenvalue weighted by Crippen LogP contribution is -2.28. The average molecular weight is 143 g/mol. The first-order valence-electron chi connectivity index (χ1n) is 3.49. The van der Waals surface area contributed by atoms with E-state index in [2.05, 4.69) is 4.99 Å². The molecule has 0 radical (unpaired) electrons. The maximum Gasteiger partial charge on any atom is 0.213 e. The molecule has 1 rings (SSSR count). The number of nitrogens with zero attached hydrogens (tertiary/aromatic N) is 1. The predicted octanol–water partition coefficient (Wildman–Crippen LogP) is 0.840. The van der Waals surface area contributed by atoms with E-state index in [1.807, 2.05) is 0 Å². The molecule has 0 spiro atoms. The first kappa shape index (κ1) is 7.54. The molecule has 10 heavy (non-hydrogen) atoms. The van der Waals surface area contributed by atoms with Gasteiger partial charge >= 0.3 is 0 Å². The third-order valence-corrected chi connectivity index (χ3v) is 1.66. The summed E-state index contributed by atoms with van der Waals surface area (Å²) in [7, 11) is 3.32. The highest BCUT2D eigenvalue weighted by atomic mass is 16.5. The molecule has 0 aromatic heterocycles. The van der Waals surface area contributed by atoms with E-state index < -0.39 is 0 Å². The van der Waals surface area contributed by atoms with Crippen molar-refractivity contribution in [3.05, 3.63) is 0 Å². The van der Waals surface area contributed by atoms with Crippen LogP contribution >= 0.6 is 0 Å². The zero-order chi connectivity index (χ0) is 7.40. The van der Waals surface area contributed by atoms with Gasteiger partial charge in [-0.25, -0.2) is 0 Å². The van der Waals surface area contributed by atoms with E-state index in [-0.39, 0.29) is 6.10 Å². The highest BCUT2D eigenvalue weighted by Crippen LogP contribution is 2.10. The predicted molar refractivity (Wildman–Crippen MR) is 39.3 cm³/mol. The van der Waals surface area contributed by atoms with Gasteiger partial charge in [0.15, 0.2) is 0 Å². The van der Waals surface area contributed by atoms with Crippen molar-refractivity contribution in [2.24, 2.45) is 4.99 Å². The second-order valence-corrected chi connectivity index (χ2v) is 2.29. The van der Waals surface area contributed by atoms with Gasteiger partial charge in [-0.3, -0.25) is 4.99 Å². The van der Waals surface area contributed by atoms with Gasteiger partial charge in [0.05, 0.1) is 7.11 Å². The molecule has 3 heteroatoms. The van der Waals surface area contributed by atoms with Gasteiger partial charge in [-0.1, -0.05) is 0 Å². The Hall–Kier alpha value is -0.570. The van der Waals surface area contributed by atoms with Crippen LogP contribution in [0.4, 0.5) is 0 Å². The standard InChI is InChI=1S/C7H13NO2/c1-9-6-4-3-5-8-7(6)10-2/h6H,3-5H2,1-2H3. The summed E-state index contributed by atoms with van der Waals surface area (Å²) >= 11 is 0. The molecule has 0 aromatic carbocycles. The Labute approximate surface area is 61.0 Å². The first-order valence-corrected chi connectivity index (χ1v) is 3.49. The summed E-state index contributed by atoms with van der Waals surface area (Å²) in [5, 5.41) is 0. The van der Waals surface area contributed by atoms with Crippen LogP contribution in [-0.2, 0) is 9.47 Å². The van der Waals surface area contributed by atoms with Crippen LogP contribution in [0.2, 0.25) is 0 Å². The third-order valence-electron chi connectivity index (χ3n) is 1.66. The molecule has 1 heterocycles. The number of rotatable bonds is 1. The van der Waals surface area contributed by atoms with Crippen LogP contribution in [0.5, 0.6) is 0 Å². The average Bonchev–Trinajstić information content (AvgIpc) is 2.04. The fourth-order valence-corrected chi connectivity index (χ4v) is 1.11. The van der Waals surface area contributed by atoms with Crippen molar-refractivity contribution in [2.75, 3.05) is 20.8 Å². The SMILES string of the molecule is COC1=NCCCC1OC. The fourth-order valence-electron chi connectivity index (χ4n) is 1.11. The molecule has 0 saturated carbocycles. The Morgan fingerprint density at radius 2 is 2.30 bits per heavy atom. The minimum absolute atomic E-state index is 0.0961. The lowest BCUT2D eigenvalue weighted by atomic mass is 10.1. The van der Waals surface area contributed by atoms with Crippen molar-refractivity contribution >= 4 is 5.90 Å². The minimum atomic E-state index is 0.0961. The number of hydrogen-bond donors (Lipinski definition) is 0.